The first-order chi connectivity index (χ1) is 9.06. The van der Waals surface area contributed by atoms with E-state index in [4.69, 9.17) is 9.63 Å². The molecule has 104 valence electrons. The van der Waals surface area contributed by atoms with Crippen LogP contribution in [0.4, 0.5) is 4.79 Å². The topological polar surface area (TPSA) is 109 Å². The van der Waals surface area contributed by atoms with E-state index in [0.717, 1.165) is 12.8 Å². The van der Waals surface area contributed by atoms with E-state index in [1.807, 2.05) is 0 Å². The highest BCUT2D eigenvalue weighted by atomic mass is 16.5. The fourth-order valence-corrected chi connectivity index (χ4v) is 1.72. The van der Waals surface area contributed by atoms with Crippen LogP contribution in [-0.4, -0.2) is 51.3 Å². The average molecular weight is 268 g/mol. The van der Waals surface area contributed by atoms with E-state index in [0.29, 0.717) is 24.7 Å². The Labute approximate surface area is 109 Å². The molecule has 1 saturated carbocycles. The molecular formula is C11H16N4O4. The summed E-state index contributed by atoms with van der Waals surface area (Å²) in [5.41, 5.74) is 0. The van der Waals surface area contributed by atoms with Gasteiger partial charge in [-0.15, -0.1) is 0 Å². The summed E-state index contributed by atoms with van der Waals surface area (Å²) >= 11 is 0. The summed E-state index contributed by atoms with van der Waals surface area (Å²) < 4.78 is 4.91. The van der Waals surface area contributed by atoms with Gasteiger partial charge >= 0.3 is 12.0 Å². The van der Waals surface area contributed by atoms with E-state index in [2.05, 4.69) is 15.5 Å². The van der Waals surface area contributed by atoms with Gasteiger partial charge in [0.2, 0.25) is 5.89 Å². The number of hydrogen-bond donors (Lipinski definition) is 2. The van der Waals surface area contributed by atoms with Crippen molar-refractivity contribution >= 4 is 12.0 Å². The molecule has 19 heavy (non-hydrogen) atoms. The lowest BCUT2D eigenvalue weighted by atomic mass is 10.4. The molecule has 0 atom stereocenters. The third kappa shape index (κ3) is 3.94. The van der Waals surface area contributed by atoms with Crippen molar-refractivity contribution in [3.8, 4) is 0 Å². The number of hydrogen-bond acceptors (Lipinski definition) is 5. The summed E-state index contributed by atoms with van der Waals surface area (Å²) in [4.78, 5) is 27.9. The number of rotatable bonds is 6. The van der Waals surface area contributed by atoms with E-state index in [1.165, 1.54) is 4.90 Å². The Balaban J connectivity index is 1.77. The van der Waals surface area contributed by atoms with Crippen LogP contribution in [0.15, 0.2) is 4.52 Å². The van der Waals surface area contributed by atoms with E-state index in [-0.39, 0.29) is 18.6 Å². The van der Waals surface area contributed by atoms with Crippen LogP contribution in [-0.2, 0) is 11.2 Å². The second kappa shape index (κ2) is 5.68. The van der Waals surface area contributed by atoms with Crippen LogP contribution in [0.5, 0.6) is 0 Å². The van der Waals surface area contributed by atoms with Gasteiger partial charge in [-0.3, -0.25) is 4.79 Å². The van der Waals surface area contributed by atoms with Crippen molar-refractivity contribution in [1.29, 1.82) is 0 Å². The van der Waals surface area contributed by atoms with E-state index in [9.17, 15) is 9.59 Å². The lowest BCUT2D eigenvalue weighted by Gasteiger charge is -2.20. The predicted octanol–water partition coefficient (Wildman–Crippen LogP) is 0.179. The maximum Gasteiger partial charge on any atom is 0.323 e. The maximum atomic E-state index is 11.8. The highest BCUT2D eigenvalue weighted by molar-refractivity contribution is 5.80. The molecule has 2 amide bonds. The van der Waals surface area contributed by atoms with Crippen LogP contribution in [0.2, 0.25) is 0 Å². The number of nitrogens with zero attached hydrogens (tertiary/aromatic N) is 3. The molecule has 0 spiro atoms. The fraction of sp³-hybridized carbons (Fsp3) is 0.636. The number of aryl methyl sites for hydroxylation is 1. The Kier molecular flexibility index (Phi) is 3.98. The maximum absolute atomic E-state index is 11.8. The van der Waals surface area contributed by atoms with Gasteiger partial charge in [-0.25, -0.2) is 4.79 Å². The lowest BCUT2D eigenvalue weighted by molar-refractivity contribution is -0.137. The lowest BCUT2D eigenvalue weighted by Crippen LogP contribution is -2.44. The Hall–Kier alpha value is -2.12. The standard InChI is InChI=1S/C11H16N4O4/c1-7-13-9(19-14-7)4-5-12-11(18)15(6-10(16)17)8-2-3-8/h8H,2-6H2,1H3,(H,12,18)(H,16,17). The zero-order valence-electron chi connectivity index (χ0n) is 10.6. The van der Waals surface area contributed by atoms with Gasteiger partial charge in [0.15, 0.2) is 5.82 Å². The summed E-state index contributed by atoms with van der Waals surface area (Å²) in [6, 6.07) is -0.303. The second-order valence-electron chi connectivity index (χ2n) is 4.47. The molecule has 0 aromatic carbocycles. The summed E-state index contributed by atoms with van der Waals surface area (Å²) in [7, 11) is 0. The molecule has 0 radical (unpaired) electrons. The van der Waals surface area contributed by atoms with Gasteiger partial charge in [-0.05, 0) is 19.8 Å². The number of carbonyl (C=O) groups is 2. The van der Waals surface area contributed by atoms with Crippen LogP contribution < -0.4 is 5.32 Å². The number of nitrogens with one attached hydrogen (secondary N) is 1. The second-order valence-corrected chi connectivity index (χ2v) is 4.47. The molecule has 8 heteroatoms. The zero-order valence-corrected chi connectivity index (χ0v) is 10.6. The van der Waals surface area contributed by atoms with E-state index in [1.54, 1.807) is 6.92 Å². The van der Waals surface area contributed by atoms with Gasteiger partial charge in [-0.2, -0.15) is 4.98 Å². The highest BCUT2D eigenvalue weighted by Crippen LogP contribution is 2.26. The van der Waals surface area contributed by atoms with E-state index < -0.39 is 5.97 Å². The molecule has 8 nitrogen and oxygen atoms in total. The normalized spacial score (nSPS) is 14.2. The molecule has 1 aromatic rings. The quantitative estimate of drug-likeness (QED) is 0.761. The highest BCUT2D eigenvalue weighted by Gasteiger charge is 2.33. The number of carboxylic acid groups (broad SMARTS) is 1. The molecule has 1 aromatic heterocycles. The van der Waals surface area contributed by atoms with Crippen molar-refractivity contribution < 1.29 is 19.2 Å². The minimum Gasteiger partial charge on any atom is -0.480 e. The number of aromatic nitrogens is 2. The molecule has 1 heterocycles. The minimum absolute atomic E-state index is 0.0572. The Morgan fingerprint density at radius 1 is 1.53 bits per heavy atom. The third-order valence-corrected chi connectivity index (χ3v) is 2.74. The van der Waals surface area contributed by atoms with Gasteiger partial charge < -0.3 is 19.8 Å². The smallest absolute Gasteiger partial charge is 0.323 e. The van der Waals surface area contributed by atoms with Crippen molar-refractivity contribution in [2.75, 3.05) is 13.1 Å². The van der Waals surface area contributed by atoms with Crippen LogP contribution >= 0.6 is 0 Å². The van der Waals surface area contributed by atoms with Gasteiger partial charge in [0.1, 0.15) is 6.54 Å². The molecule has 0 bridgehead atoms. The van der Waals surface area contributed by atoms with Crippen LogP contribution in [0.3, 0.4) is 0 Å². The number of aliphatic carboxylic acids is 1. The molecule has 1 aliphatic carbocycles. The minimum atomic E-state index is -1.01. The summed E-state index contributed by atoms with van der Waals surface area (Å²) in [5, 5.41) is 15.1. The summed E-state index contributed by atoms with van der Waals surface area (Å²) in [6.45, 7) is 1.78. The molecule has 1 aliphatic rings. The molecule has 0 unspecified atom stereocenters. The first-order valence-corrected chi connectivity index (χ1v) is 6.11. The van der Waals surface area contributed by atoms with Gasteiger partial charge in [-0.1, -0.05) is 5.16 Å². The number of carbonyl (C=O) groups excluding carboxylic acids is 1. The summed E-state index contributed by atoms with van der Waals surface area (Å²) in [5.74, 6) is -0.00427. The molecule has 2 N–H and O–H groups in total. The monoisotopic (exact) mass is 268 g/mol. The van der Waals surface area contributed by atoms with Gasteiger partial charge in [0, 0.05) is 19.0 Å². The Bertz CT molecular complexity index is 469. The van der Waals surface area contributed by atoms with E-state index >= 15 is 0 Å². The first-order valence-electron chi connectivity index (χ1n) is 6.11. The largest absolute Gasteiger partial charge is 0.480 e. The third-order valence-electron chi connectivity index (χ3n) is 2.74. The van der Waals surface area contributed by atoms with Crippen molar-refractivity contribution in [3.05, 3.63) is 11.7 Å². The van der Waals surface area contributed by atoms with Crippen molar-refractivity contribution in [2.24, 2.45) is 0 Å². The first kappa shape index (κ1) is 13.3. The molecular weight excluding hydrogens is 252 g/mol. The predicted molar refractivity (Wildman–Crippen MR) is 63.5 cm³/mol. The van der Waals surface area contributed by atoms with Crippen molar-refractivity contribution in [2.45, 2.75) is 32.2 Å². The Morgan fingerprint density at radius 2 is 2.26 bits per heavy atom. The molecule has 0 saturated heterocycles. The van der Waals surface area contributed by atoms with Crippen molar-refractivity contribution in [3.63, 3.8) is 0 Å². The van der Waals surface area contributed by atoms with Crippen molar-refractivity contribution in [1.82, 2.24) is 20.4 Å². The fourth-order valence-electron chi connectivity index (χ4n) is 1.72. The number of amides is 2. The van der Waals surface area contributed by atoms with Gasteiger partial charge in [0.25, 0.3) is 0 Å². The van der Waals surface area contributed by atoms with Crippen LogP contribution in [0.1, 0.15) is 24.6 Å². The van der Waals surface area contributed by atoms with Gasteiger partial charge in [0.05, 0.1) is 0 Å². The average Bonchev–Trinajstić information content (AvgIpc) is 3.10. The Morgan fingerprint density at radius 3 is 2.79 bits per heavy atom. The molecule has 2 rings (SSSR count). The van der Waals surface area contributed by atoms with Crippen LogP contribution in [0, 0.1) is 6.92 Å². The van der Waals surface area contributed by atoms with Crippen LogP contribution in [0.25, 0.3) is 0 Å². The number of carboxylic acids is 1. The number of urea groups is 1. The molecule has 1 fully saturated rings. The molecule has 0 aliphatic heterocycles. The summed E-state index contributed by atoms with van der Waals surface area (Å²) in [6.07, 6.45) is 2.16. The SMILES string of the molecule is Cc1noc(CCNC(=O)N(CC(=O)O)C2CC2)n1. The zero-order chi connectivity index (χ0) is 13.8.